The number of aryl methyl sites for hydroxylation is 2. The van der Waals surface area contributed by atoms with Crippen molar-refractivity contribution in [2.75, 3.05) is 41.0 Å². The van der Waals surface area contributed by atoms with Crippen LogP contribution >= 0.6 is 11.8 Å². The number of aromatic nitrogens is 1. The molecule has 0 aliphatic heterocycles. The highest BCUT2D eigenvalue weighted by atomic mass is 32.2. The third-order valence-corrected chi connectivity index (χ3v) is 8.33. The first-order valence-electron chi connectivity index (χ1n) is 13.7. The standard InChI is InChI=1S/C33H42N2O3S/c1-23(2)32-33(31-24(3)10-8-11-28(31)35(32)5)39-27-15-13-26(14-16-27)38-21-9-19-34(4)20-18-25-12-17-29(36-6)30(22-25)37-7/h8,10-17,22-23H,9,18-21H2,1-7H3. The first-order chi connectivity index (χ1) is 18.8. The summed E-state index contributed by atoms with van der Waals surface area (Å²) in [5, 5.41) is 1.37. The zero-order valence-electron chi connectivity index (χ0n) is 24.4. The van der Waals surface area contributed by atoms with E-state index < -0.39 is 0 Å². The quantitative estimate of drug-likeness (QED) is 0.160. The molecule has 0 atom stereocenters. The fraction of sp³-hybridized carbons (Fsp3) is 0.394. The van der Waals surface area contributed by atoms with E-state index in [0.29, 0.717) is 12.5 Å². The van der Waals surface area contributed by atoms with E-state index in [-0.39, 0.29) is 0 Å². The molecule has 1 heterocycles. The fourth-order valence-corrected chi connectivity index (χ4v) is 6.46. The average Bonchev–Trinajstić information content (AvgIpc) is 3.22. The van der Waals surface area contributed by atoms with Crippen LogP contribution in [0.15, 0.2) is 70.5 Å². The summed E-state index contributed by atoms with van der Waals surface area (Å²) in [7, 11) is 7.68. The van der Waals surface area contributed by atoms with Gasteiger partial charge in [0, 0.05) is 46.5 Å². The third kappa shape index (κ3) is 6.92. The number of ether oxygens (including phenoxy) is 3. The maximum absolute atomic E-state index is 6.07. The number of methoxy groups -OCH3 is 2. The van der Waals surface area contributed by atoms with Crippen molar-refractivity contribution in [2.45, 2.75) is 49.3 Å². The van der Waals surface area contributed by atoms with Crippen LogP contribution in [-0.2, 0) is 13.5 Å². The Morgan fingerprint density at radius 2 is 1.67 bits per heavy atom. The zero-order valence-corrected chi connectivity index (χ0v) is 25.2. The van der Waals surface area contributed by atoms with E-state index in [1.165, 1.54) is 37.5 Å². The van der Waals surface area contributed by atoms with Crippen LogP contribution in [0.3, 0.4) is 0 Å². The van der Waals surface area contributed by atoms with Gasteiger partial charge in [0.15, 0.2) is 11.5 Å². The van der Waals surface area contributed by atoms with Gasteiger partial charge in [-0.05, 0) is 86.3 Å². The number of likely N-dealkylation sites (N-methyl/N-ethyl adjacent to an activating group) is 1. The lowest BCUT2D eigenvalue weighted by atomic mass is 10.1. The van der Waals surface area contributed by atoms with Crippen molar-refractivity contribution < 1.29 is 14.2 Å². The van der Waals surface area contributed by atoms with Gasteiger partial charge < -0.3 is 23.7 Å². The van der Waals surface area contributed by atoms with Crippen LogP contribution in [0.4, 0.5) is 0 Å². The van der Waals surface area contributed by atoms with Crippen LogP contribution in [0.25, 0.3) is 10.9 Å². The van der Waals surface area contributed by atoms with E-state index in [1.54, 1.807) is 14.2 Å². The van der Waals surface area contributed by atoms with Crippen molar-refractivity contribution in [2.24, 2.45) is 7.05 Å². The highest BCUT2D eigenvalue weighted by molar-refractivity contribution is 7.99. The molecule has 0 fully saturated rings. The summed E-state index contributed by atoms with van der Waals surface area (Å²) in [4.78, 5) is 4.94. The van der Waals surface area contributed by atoms with Crippen LogP contribution in [0.1, 0.15) is 43.0 Å². The Morgan fingerprint density at radius 1 is 0.923 bits per heavy atom. The first-order valence-corrected chi connectivity index (χ1v) is 14.5. The summed E-state index contributed by atoms with van der Waals surface area (Å²) in [5.74, 6) is 2.92. The Bertz CT molecular complexity index is 1380. The Kier molecular flexibility index (Phi) is 9.87. The monoisotopic (exact) mass is 546 g/mol. The molecule has 0 aliphatic rings. The molecule has 39 heavy (non-hydrogen) atoms. The molecule has 5 nitrogen and oxygen atoms in total. The summed E-state index contributed by atoms with van der Waals surface area (Å²) in [6.45, 7) is 9.43. The van der Waals surface area contributed by atoms with Crippen LogP contribution in [0, 0.1) is 6.92 Å². The second kappa shape index (κ2) is 13.3. The van der Waals surface area contributed by atoms with E-state index in [0.717, 1.165) is 43.2 Å². The van der Waals surface area contributed by atoms with Gasteiger partial charge >= 0.3 is 0 Å². The number of nitrogens with zero attached hydrogens (tertiary/aromatic N) is 2. The van der Waals surface area contributed by atoms with Gasteiger partial charge in [-0.2, -0.15) is 0 Å². The average molecular weight is 547 g/mol. The van der Waals surface area contributed by atoms with Crippen molar-refractivity contribution in [1.82, 2.24) is 9.47 Å². The maximum Gasteiger partial charge on any atom is 0.160 e. The van der Waals surface area contributed by atoms with Crippen molar-refractivity contribution in [3.8, 4) is 17.2 Å². The van der Waals surface area contributed by atoms with Crippen molar-refractivity contribution in [3.63, 3.8) is 0 Å². The van der Waals surface area contributed by atoms with Crippen LogP contribution in [0.5, 0.6) is 17.2 Å². The smallest absolute Gasteiger partial charge is 0.160 e. The third-order valence-electron chi connectivity index (χ3n) is 7.21. The SMILES string of the molecule is COc1ccc(CCN(C)CCCOc2ccc(Sc3c(C(C)C)n(C)c4cccc(C)c34)cc2)cc1OC. The van der Waals surface area contributed by atoms with Crippen LogP contribution < -0.4 is 14.2 Å². The Morgan fingerprint density at radius 3 is 2.36 bits per heavy atom. The molecule has 0 unspecified atom stereocenters. The maximum atomic E-state index is 6.07. The largest absolute Gasteiger partial charge is 0.494 e. The van der Waals surface area contributed by atoms with E-state index >= 15 is 0 Å². The fourth-order valence-electron chi connectivity index (χ4n) is 5.10. The van der Waals surface area contributed by atoms with Gasteiger partial charge in [0.2, 0.25) is 0 Å². The topological polar surface area (TPSA) is 35.9 Å². The summed E-state index contributed by atoms with van der Waals surface area (Å²) in [6, 6.07) is 21.3. The van der Waals surface area contributed by atoms with Crippen molar-refractivity contribution in [3.05, 3.63) is 77.5 Å². The molecule has 0 spiro atoms. The molecule has 0 aliphatic carbocycles. The van der Waals surface area contributed by atoms with Gasteiger partial charge in [-0.1, -0.05) is 43.8 Å². The minimum atomic E-state index is 0.448. The molecule has 0 N–H and O–H groups in total. The first kappa shape index (κ1) is 28.9. The highest BCUT2D eigenvalue weighted by Gasteiger charge is 2.20. The minimum absolute atomic E-state index is 0.448. The zero-order chi connectivity index (χ0) is 27.9. The van der Waals surface area contributed by atoms with Crippen LogP contribution in [-0.4, -0.2) is 50.4 Å². The molecule has 0 bridgehead atoms. The lowest BCUT2D eigenvalue weighted by molar-refractivity contribution is 0.264. The number of hydrogen-bond acceptors (Lipinski definition) is 5. The van der Waals surface area contributed by atoms with E-state index in [4.69, 9.17) is 14.2 Å². The Balaban J connectivity index is 1.27. The Hall–Kier alpha value is -3.09. The second-order valence-corrected chi connectivity index (χ2v) is 11.5. The second-order valence-electron chi connectivity index (χ2n) is 10.4. The Labute approximate surface area is 238 Å². The van der Waals surface area contributed by atoms with Gasteiger partial charge in [-0.3, -0.25) is 0 Å². The lowest BCUT2D eigenvalue weighted by Gasteiger charge is -2.17. The summed E-state index contributed by atoms with van der Waals surface area (Å²) < 4.78 is 19.2. The summed E-state index contributed by atoms with van der Waals surface area (Å²) >= 11 is 1.86. The summed E-state index contributed by atoms with van der Waals surface area (Å²) in [5.41, 5.74) is 5.26. The molecule has 0 saturated carbocycles. The van der Waals surface area contributed by atoms with E-state index in [1.807, 2.05) is 17.8 Å². The molecule has 3 aromatic carbocycles. The molecule has 1 aromatic heterocycles. The van der Waals surface area contributed by atoms with Crippen LogP contribution in [0.2, 0.25) is 0 Å². The predicted molar refractivity (Wildman–Crippen MR) is 163 cm³/mol. The van der Waals surface area contributed by atoms with Gasteiger partial charge in [-0.15, -0.1) is 0 Å². The van der Waals surface area contributed by atoms with Crippen molar-refractivity contribution in [1.29, 1.82) is 0 Å². The van der Waals surface area contributed by atoms with Crippen molar-refractivity contribution >= 4 is 22.7 Å². The molecule has 0 radical (unpaired) electrons. The lowest BCUT2D eigenvalue weighted by Crippen LogP contribution is -2.23. The van der Waals surface area contributed by atoms with E-state index in [2.05, 4.69) is 98.9 Å². The van der Waals surface area contributed by atoms with Gasteiger partial charge in [0.25, 0.3) is 0 Å². The molecule has 4 aromatic rings. The molecule has 0 saturated heterocycles. The summed E-state index contributed by atoms with van der Waals surface area (Å²) in [6.07, 6.45) is 1.94. The highest BCUT2D eigenvalue weighted by Crippen LogP contribution is 2.42. The molecule has 6 heteroatoms. The number of hydrogen-bond donors (Lipinski definition) is 0. The number of benzene rings is 3. The molecular weight excluding hydrogens is 504 g/mol. The van der Waals surface area contributed by atoms with Gasteiger partial charge in [-0.25, -0.2) is 0 Å². The van der Waals surface area contributed by atoms with E-state index in [9.17, 15) is 0 Å². The normalized spacial score (nSPS) is 11.5. The van der Waals surface area contributed by atoms with Gasteiger partial charge in [0.05, 0.1) is 20.8 Å². The number of rotatable bonds is 13. The molecular formula is C33H42N2O3S. The predicted octanol–water partition coefficient (Wildman–Crippen LogP) is 7.72. The number of fused-ring (bicyclic) bond motifs is 1. The van der Waals surface area contributed by atoms with Gasteiger partial charge in [0.1, 0.15) is 5.75 Å². The molecule has 0 amide bonds. The molecule has 4 rings (SSSR count). The minimum Gasteiger partial charge on any atom is -0.494 e. The molecule has 208 valence electrons.